The van der Waals surface area contributed by atoms with Crippen molar-refractivity contribution in [3.8, 4) is 0 Å². The van der Waals surface area contributed by atoms with Crippen LogP contribution in [0.4, 0.5) is 0 Å². The molecule has 14 heavy (non-hydrogen) atoms. The molecule has 0 aromatic rings. The van der Waals surface area contributed by atoms with Gasteiger partial charge < -0.3 is 10.1 Å². The molecular formula is C12H25NO. The van der Waals surface area contributed by atoms with E-state index >= 15 is 0 Å². The first kappa shape index (κ1) is 12.0. The van der Waals surface area contributed by atoms with Gasteiger partial charge in [0.15, 0.2) is 0 Å². The van der Waals surface area contributed by atoms with Crippen LogP contribution < -0.4 is 5.32 Å². The van der Waals surface area contributed by atoms with E-state index in [4.69, 9.17) is 4.74 Å². The summed E-state index contributed by atoms with van der Waals surface area (Å²) in [7, 11) is 1.76. The van der Waals surface area contributed by atoms with Crippen LogP contribution in [0.3, 0.4) is 0 Å². The Morgan fingerprint density at radius 2 is 2.14 bits per heavy atom. The third-order valence-corrected chi connectivity index (χ3v) is 3.91. The molecule has 0 radical (unpaired) electrons. The van der Waals surface area contributed by atoms with Crippen molar-refractivity contribution in [2.24, 2.45) is 11.3 Å². The molecule has 0 aliphatic heterocycles. The number of ether oxygens (including phenoxy) is 1. The first-order valence-electron chi connectivity index (χ1n) is 5.92. The highest BCUT2D eigenvalue weighted by Crippen LogP contribution is 2.43. The lowest BCUT2D eigenvalue weighted by Gasteiger charge is -2.43. The maximum absolute atomic E-state index is 5.03. The Balaban J connectivity index is 2.22. The van der Waals surface area contributed by atoms with Crippen molar-refractivity contribution >= 4 is 0 Å². The Bertz CT molecular complexity index is 156. The summed E-state index contributed by atoms with van der Waals surface area (Å²) < 4.78 is 5.03. The predicted octanol–water partition coefficient (Wildman–Crippen LogP) is 2.44. The molecule has 0 saturated heterocycles. The monoisotopic (exact) mass is 199 g/mol. The highest BCUT2D eigenvalue weighted by atomic mass is 16.5. The molecule has 1 rings (SSSR count). The highest BCUT2D eigenvalue weighted by Gasteiger charge is 2.35. The summed E-state index contributed by atoms with van der Waals surface area (Å²) in [5, 5.41) is 3.50. The molecule has 1 atom stereocenters. The number of hydrogen-bond acceptors (Lipinski definition) is 2. The molecule has 0 bridgehead atoms. The van der Waals surface area contributed by atoms with Gasteiger partial charge in [-0.25, -0.2) is 0 Å². The van der Waals surface area contributed by atoms with Gasteiger partial charge in [-0.3, -0.25) is 0 Å². The van der Waals surface area contributed by atoms with Crippen molar-refractivity contribution in [3.63, 3.8) is 0 Å². The Morgan fingerprint density at radius 1 is 1.43 bits per heavy atom. The lowest BCUT2D eigenvalue weighted by Crippen LogP contribution is -2.41. The second kappa shape index (κ2) is 5.72. The predicted molar refractivity (Wildman–Crippen MR) is 60.5 cm³/mol. The molecule has 0 aromatic carbocycles. The van der Waals surface area contributed by atoms with Gasteiger partial charge in [0.05, 0.1) is 6.61 Å². The summed E-state index contributed by atoms with van der Waals surface area (Å²) >= 11 is 0. The first-order chi connectivity index (χ1) is 6.73. The van der Waals surface area contributed by atoms with Crippen molar-refractivity contribution in [1.82, 2.24) is 5.32 Å². The maximum atomic E-state index is 5.03. The van der Waals surface area contributed by atoms with E-state index in [1.54, 1.807) is 7.11 Å². The lowest BCUT2D eigenvalue weighted by atomic mass is 9.65. The molecule has 0 heterocycles. The van der Waals surface area contributed by atoms with Crippen LogP contribution in [0, 0.1) is 11.3 Å². The van der Waals surface area contributed by atoms with Crippen molar-refractivity contribution < 1.29 is 4.74 Å². The standard InChI is InChI=1S/C12H25NO/c1-4-12(2,11-6-5-7-11)10-13-8-9-14-3/h11,13H,4-10H2,1-3H3. The summed E-state index contributed by atoms with van der Waals surface area (Å²) in [4.78, 5) is 0. The normalized spacial score (nSPS) is 21.6. The summed E-state index contributed by atoms with van der Waals surface area (Å²) in [6.07, 6.45) is 5.61. The minimum absolute atomic E-state index is 0.520. The first-order valence-corrected chi connectivity index (χ1v) is 5.92. The highest BCUT2D eigenvalue weighted by molar-refractivity contribution is 4.88. The van der Waals surface area contributed by atoms with Gasteiger partial charge in [-0.2, -0.15) is 0 Å². The molecule has 0 amide bonds. The molecule has 84 valence electrons. The van der Waals surface area contributed by atoms with Gasteiger partial charge in [0.2, 0.25) is 0 Å². The molecule has 1 aliphatic carbocycles. The minimum atomic E-state index is 0.520. The quantitative estimate of drug-likeness (QED) is 0.636. The van der Waals surface area contributed by atoms with Gasteiger partial charge in [0.25, 0.3) is 0 Å². The van der Waals surface area contributed by atoms with Crippen molar-refractivity contribution in [3.05, 3.63) is 0 Å². The molecule has 1 fully saturated rings. The number of hydrogen-bond donors (Lipinski definition) is 1. The smallest absolute Gasteiger partial charge is 0.0587 e. The second-order valence-electron chi connectivity index (χ2n) is 4.80. The number of nitrogens with one attached hydrogen (secondary N) is 1. The topological polar surface area (TPSA) is 21.3 Å². The second-order valence-corrected chi connectivity index (χ2v) is 4.80. The van der Waals surface area contributed by atoms with E-state index in [0.29, 0.717) is 5.41 Å². The zero-order valence-corrected chi connectivity index (χ0v) is 9.94. The van der Waals surface area contributed by atoms with Gasteiger partial charge in [0.1, 0.15) is 0 Å². The molecule has 1 N–H and O–H groups in total. The van der Waals surface area contributed by atoms with E-state index in [9.17, 15) is 0 Å². The SMILES string of the molecule is CCC(C)(CNCCOC)C1CCC1. The van der Waals surface area contributed by atoms with Crippen LogP contribution in [-0.4, -0.2) is 26.8 Å². The molecule has 0 aromatic heterocycles. The van der Waals surface area contributed by atoms with E-state index < -0.39 is 0 Å². The lowest BCUT2D eigenvalue weighted by molar-refractivity contribution is 0.0918. The Kier molecular flexibility index (Phi) is 4.90. The van der Waals surface area contributed by atoms with Crippen LogP contribution in [0.15, 0.2) is 0 Å². The van der Waals surface area contributed by atoms with E-state index in [1.165, 1.54) is 25.7 Å². The van der Waals surface area contributed by atoms with E-state index in [2.05, 4.69) is 19.2 Å². The van der Waals surface area contributed by atoms with Crippen LogP contribution >= 0.6 is 0 Å². The fourth-order valence-electron chi connectivity index (χ4n) is 2.21. The summed E-state index contributed by atoms with van der Waals surface area (Å²) in [5.74, 6) is 0.961. The summed E-state index contributed by atoms with van der Waals surface area (Å²) in [5.41, 5.74) is 0.520. The fraction of sp³-hybridized carbons (Fsp3) is 1.00. The van der Waals surface area contributed by atoms with Crippen LogP contribution in [0.2, 0.25) is 0 Å². The van der Waals surface area contributed by atoms with E-state index in [-0.39, 0.29) is 0 Å². The summed E-state index contributed by atoms with van der Waals surface area (Å²) in [6, 6.07) is 0. The Hall–Kier alpha value is -0.0800. The molecule has 0 spiro atoms. The largest absolute Gasteiger partial charge is 0.383 e. The zero-order chi connectivity index (χ0) is 10.4. The van der Waals surface area contributed by atoms with Crippen molar-refractivity contribution in [2.45, 2.75) is 39.5 Å². The molecule has 1 unspecified atom stereocenters. The van der Waals surface area contributed by atoms with Crippen LogP contribution in [0.25, 0.3) is 0 Å². The van der Waals surface area contributed by atoms with Crippen LogP contribution in [0.5, 0.6) is 0 Å². The van der Waals surface area contributed by atoms with E-state index in [1.807, 2.05) is 0 Å². The van der Waals surface area contributed by atoms with Gasteiger partial charge >= 0.3 is 0 Å². The number of rotatable bonds is 7. The zero-order valence-electron chi connectivity index (χ0n) is 9.94. The third-order valence-electron chi connectivity index (χ3n) is 3.91. The molecule has 2 heteroatoms. The fourth-order valence-corrected chi connectivity index (χ4v) is 2.21. The van der Waals surface area contributed by atoms with Gasteiger partial charge in [-0.05, 0) is 30.6 Å². The molecule has 1 aliphatic rings. The summed E-state index contributed by atoms with van der Waals surface area (Å²) in [6.45, 7) is 7.70. The van der Waals surface area contributed by atoms with Gasteiger partial charge in [-0.1, -0.05) is 20.3 Å². The van der Waals surface area contributed by atoms with Crippen molar-refractivity contribution in [2.75, 3.05) is 26.8 Å². The van der Waals surface area contributed by atoms with Crippen LogP contribution in [0.1, 0.15) is 39.5 Å². The third kappa shape index (κ3) is 2.96. The minimum Gasteiger partial charge on any atom is -0.383 e. The van der Waals surface area contributed by atoms with Crippen molar-refractivity contribution in [1.29, 1.82) is 0 Å². The van der Waals surface area contributed by atoms with Gasteiger partial charge in [0, 0.05) is 20.2 Å². The molecular weight excluding hydrogens is 174 g/mol. The molecule has 2 nitrogen and oxygen atoms in total. The maximum Gasteiger partial charge on any atom is 0.0587 e. The Labute approximate surface area is 88.4 Å². The average molecular weight is 199 g/mol. The van der Waals surface area contributed by atoms with Crippen LogP contribution in [-0.2, 0) is 4.74 Å². The van der Waals surface area contributed by atoms with E-state index in [0.717, 1.165) is 25.6 Å². The van der Waals surface area contributed by atoms with Gasteiger partial charge in [-0.15, -0.1) is 0 Å². The Morgan fingerprint density at radius 3 is 2.57 bits per heavy atom. The average Bonchev–Trinajstić information content (AvgIpc) is 2.10. The number of methoxy groups -OCH3 is 1. The molecule has 1 saturated carbocycles.